The van der Waals surface area contributed by atoms with Gasteiger partial charge in [0.05, 0.1) is 18.8 Å². The summed E-state index contributed by atoms with van der Waals surface area (Å²) in [5, 5.41) is 0. The van der Waals surface area contributed by atoms with Crippen molar-refractivity contribution < 1.29 is 14.3 Å². The summed E-state index contributed by atoms with van der Waals surface area (Å²) >= 11 is 0. The quantitative estimate of drug-likeness (QED) is 0.769. The Kier molecular flexibility index (Phi) is 4.24. The fourth-order valence-corrected chi connectivity index (χ4v) is 2.35. The highest BCUT2D eigenvalue weighted by Crippen LogP contribution is 2.27. The molecular weight excluding hydrogens is 228 g/mol. The fraction of sp³-hybridized carbons (Fsp3) is 0.533. The molecule has 3 heteroatoms. The molecule has 0 aromatic heterocycles. The zero-order valence-corrected chi connectivity index (χ0v) is 11.0. The molecule has 18 heavy (non-hydrogen) atoms. The number of carbonyl (C=O) groups excluding carboxylic acids is 1. The third kappa shape index (κ3) is 3.25. The molecule has 0 aliphatic heterocycles. The number of ether oxygens (including phenoxy) is 2. The summed E-state index contributed by atoms with van der Waals surface area (Å²) in [5.41, 5.74) is 0.541. The largest absolute Gasteiger partial charge is 0.490 e. The average molecular weight is 248 g/mol. The molecule has 0 N–H and O–H groups in total. The topological polar surface area (TPSA) is 35.5 Å². The molecule has 2 rings (SSSR count). The maximum Gasteiger partial charge on any atom is 0.337 e. The van der Waals surface area contributed by atoms with Crippen LogP contribution in [0.5, 0.6) is 5.75 Å². The summed E-state index contributed by atoms with van der Waals surface area (Å²) in [7, 11) is 1.39. The Labute approximate surface area is 108 Å². The van der Waals surface area contributed by atoms with Gasteiger partial charge in [0.25, 0.3) is 0 Å². The standard InChI is InChI=1S/C15H20O3/c1-11-6-8-13(9-7-11)18-14-5-3-4-12(10-14)15(16)17-2/h3-5,10-11,13H,6-9H2,1-2H3. The van der Waals surface area contributed by atoms with Crippen molar-refractivity contribution in [2.24, 2.45) is 5.92 Å². The van der Waals surface area contributed by atoms with Crippen molar-refractivity contribution in [2.45, 2.75) is 38.7 Å². The summed E-state index contributed by atoms with van der Waals surface area (Å²) in [5.74, 6) is 1.25. The van der Waals surface area contributed by atoms with Gasteiger partial charge in [0.15, 0.2) is 0 Å². The number of esters is 1. The highest BCUT2D eigenvalue weighted by atomic mass is 16.5. The Bertz CT molecular complexity index is 406. The molecule has 1 aromatic rings. The van der Waals surface area contributed by atoms with Crippen molar-refractivity contribution in [3.8, 4) is 5.75 Å². The lowest BCUT2D eigenvalue weighted by atomic mass is 9.89. The Morgan fingerprint density at radius 3 is 2.61 bits per heavy atom. The normalized spacial score (nSPS) is 23.4. The van der Waals surface area contributed by atoms with Gasteiger partial charge in [-0.15, -0.1) is 0 Å². The third-order valence-corrected chi connectivity index (χ3v) is 3.52. The van der Waals surface area contributed by atoms with Crippen molar-refractivity contribution in [1.29, 1.82) is 0 Å². The van der Waals surface area contributed by atoms with Crippen LogP contribution in [0.3, 0.4) is 0 Å². The van der Waals surface area contributed by atoms with Gasteiger partial charge in [-0.1, -0.05) is 13.0 Å². The molecule has 0 amide bonds. The SMILES string of the molecule is COC(=O)c1cccc(OC2CCC(C)CC2)c1. The van der Waals surface area contributed by atoms with Gasteiger partial charge in [0, 0.05) is 0 Å². The van der Waals surface area contributed by atoms with Gasteiger partial charge < -0.3 is 9.47 Å². The van der Waals surface area contributed by atoms with Crippen LogP contribution in [0, 0.1) is 5.92 Å². The summed E-state index contributed by atoms with van der Waals surface area (Å²) in [6, 6.07) is 7.21. The van der Waals surface area contributed by atoms with Gasteiger partial charge in [0.1, 0.15) is 5.75 Å². The molecule has 3 nitrogen and oxygen atoms in total. The van der Waals surface area contributed by atoms with Crippen LogP contribution in [0.1, 0.15) is 43.0 Å². The second kappa shape index (κ2) is 5.89. The smallest absolute Gasteiger partial charge is 0.337 e. The molecule has 1 saturated carbocycles. The Morgan fingerprint density at radius 1 is 1.22 bits per heavy atom. The lowest BCUT2D eigenvalue weighted by molar-refractivity contribution is 0.0599. The highest BCUT2D eigenvalue weighted by Gasteiger charge is 2.19. The monoisotopic (exact) mass is 248 g/mol. The van der Waals surface area contributed by atoms with E-state index in [2.05, 4.69) is 6.92 Å². The van der Waals surface area contributed by atoms with Crippen LogP contribution >= 0.6 is 0 Å². The minimum absolute atomic E-state index is 0.286. The first kappa shape index (κ1) is 12.9. The molecular formula is C15H20O3. The predicted octanol–water partition coefficient (Wildman–Crippen LogP) is 3.43. The van der Waals surface area contributed by atoms with Crippen LogP contribution in [0.4, 0.5) is 0 Å². The molecule has 1 aromatic carbocycles. The Balaban J connectivity index is 1.99. The zero-order valence-electron chi connectivity index (χ0n) is 11.0. The van der Waals surface area contributed by atoms with E-state index in [0.717, 1.165) is 24.5 Å². The number of hydrogen-bond donors (Lipinski definition) is 0. The number of hydrogen-bond acceptors (Lipinski definition) is 3. The minimum Gasteiger partial charge on any atom is -0.490 e. The van der Waals surface area contributed by atoms with Crippen molar-refractivity contribution in [2.75, 3.05) is 7.11 Å². The first-order chi connectivity index (χ1) is 8.69. The molecule has 0 unspecified atom stereocenters. The first-order valence-corrected chi connectivity index (χ1v) is 6.54. The summed E-state index contributed by atoms with van der Waals surface area (Å²) in [6.45, 7) is 2.29. The summed E-state index contributed by atoms with van der Waals surface area (Å²) in [4.78, 5) is 11.4. The van der Waals surface area contributed by atoms with Crippen molar-refractivity contribution in [3.05, 3.63) is 29.8 Å². The van der Waals surface area contributed by atoms with Crippen LogP contribution in [0.25, 0.3) is 0 Å². The number of benzene rings is 1. The fourth-order valence-electron chi connectivity index (χ4n) is 2.35. The minimum atomic E-state index is -0.322. The maximum atomic E-state index is 11.4. The Morgan fingerprint density at radius 2 is 1.94 bits per heavy atom. The Hall–Kier alpha value is -1.51. The van der Waals surface area contributed by atoms with Crippen molar-refractivity contribution >= 4 is 5.97 Å². The summed E-state index contributed by atoms with van der Waals surface area (Å²) < 4.78 is 10.6. The maximum absolute atomic E-state index is 11.4. The van der Waals surface area contributed by atoms with Crippen molar-refractivity contribution in [3.63, 3.8) is 0 Å². The van der Waals surface area contributed by atoms with Crippen LogP contribution in [0.15, 0.2) is 24.3 Å². The highest BCUT2D eigenvalue weighted by molar-refractivity contribution is 5.89. The van der Waals surface area contributed by atoms with Gasteiger partial charge in [-0.2, -0.15) is 0 Å². The molecule has 0 spiro atoms. The van der Waals surface area contributed by atoms with Gasteiger partial charge in [-0.3, -0.25) is 0 Å². The third-order valence-electron chi connectivity index (χ3n) is 3.52. The lowest BCUT2D eigenvalue weighted by Gasteiger charge is -2.26. The van der Waals surface area contributed by atoms with Gasteiger partial charge in [0.2, 0.25) is 0 Å². The van der Waals surface area contributed by atoms with E-state index in [1.54, 1.807) is 12.1 Å². The molecule has 0 heterocycles. The second-order valence-electron chi connectivity index (χ2n) is 5.02. The van der Waals surface area contributed by atoms with E-state index in [0.29, 0.717) is 5.56 Å². The first-order valence-electron chi connectivity index (χ1n) is 6.54. The summed E-state index contributed by atoms with van der Waals surface area (Å²) in [6.07, 6.45) is 4.93. The number of rotatable bonds is 3. The second-order valence-corrected chi connectivity index (χ2v) is 5.02. The molecule has 98 valence electrons. The molecule has 0 bridgehead atoms. The molecule has 1 fully saturated rings. The molecule has 0 saturated heterocycles. The predicted molar refractivity (Wildman–Crippen MR) is 69.8 cm³/mol. The van der Waals surface area contributed by atoms with Gasteiger partial charge in [-0.05, 0) is 49.8 Å². The van der Waals surface area contributed by atoms with E-state index in [1.807, 2.05) is 12.1 Å². The van der Waals surface area contributed by atoms with Crippen LogP contribution in [-0.4, -0.2) is 19.2 Å². The number of methoxy groups -OCH3 is 1. The number of carbonyl (C=O) groups is 1. The zero-order chi connectivity index (χ0) is 13.0. The molecule has 0 radical (unpaired) electrons. The van der Waals surface area contributed by atoms with Crippen LogP contribution in [-0.2, 0) is 4.74 Å². The van der Waals surface area contributed by atoms with E-state index in [-0.39, 0.29) is 12.1 Å². The molecule has 0 atom stereocenters. The average Bonchev–Trinajstić information content (AvgIpc) is 2.41. The van der Waals surface area contributed by atoms with Crippen molar-refractivity contribution in [1.82, 2.24) is 0 Å². The van der Waals surface area contributed by atoms with E-state index >= 15 is 0 Å². The lowest BCUT2D eigenvalue weighted by Crippen LogP contribution is -2.23. The van der Waals surface area contributed by atoms with Crippen LogP contribution in [0.2, 0.25) is 0 Å². The van der Waals surface area contributed by atoms with E-state index in [9.17, 15) is 4.79 Å². The van der Waals surface area contributed by atoms with Crippen LogP contribution < -0.4 is 4.74 Å². The van der Waals surface area contributed by atoms with E-state index in [1.165, 1.54) is 20.0 Å². The van der Waals surface area contributed by atoms with Gasteiger partial charge >= 0.3 is 5.97 Å². The molecule has 1 aliphatic rings. The van der Waals surface area contributed by atoms with E-state index in [4.69, 9.17) is 9.47 Å². The molecule has 1 aliphatic carbocycles. The van der Waals surface area contributed by atoms with Gasteiger partial charge in [-0.25, -0.2) is 4.79 Å². The van der Waals surface area contributed by atoms with E-state index < -0.39 is 0 Å².